The summed E-state index contributed by atoms with van der Waals surface area (Å²) < 4.78 is 21.7. The lowest BCUT2D eigenvalue weighted by atomic mass is 10.1. The van der Waals surface area contributed by atoms with Crippen LogP contribution in [0.2, 0.25) is 0 Å². The average molecular weight is 341 g/mol. The highest BCUT2D eigenvalue weighted by Crippen LogP contribution is 2.32. The lowest BCUT2D eigenvalue weighted by molar-refractivity contribution is -0.120. The van der Waals surface area contributed by atoms with Crippen molar-refractivity contribution in [2.75, 3.05) is 26.6 Å². The zero-order chi connectivity index (χ0) is 17.1. The summed E-state index contributed by atoms with van der Waals surface area (Å²) in [4.78, 5) is 12.1. The molecule has 2 aliphatic heterocycles. The maximum absolute atomic E-state index is 12.1. The average Bonchev–Trinajstić information content (AvgIpc) is 3.09. The molecule has 2 aromatic rings. The molecule has 25 heavy (non-hydrogen) atoms. The molecule has 4 rings (SSSR count). The number of nitrogens with one attached hydrogen (secondary N) is 1. The number of carbonyl (C=O) groups is 1. The van der Waals surface area contributed by atoms with Crippen LogP contribution in [0.25, 0.3) is 0 Å². The molecule has 2 heterocycles. The molecule has 2 aliphatic rings. The van der Waals surface area contributed by atoms with E-state index in [9.17, 15) is 4.79 Å². The molecule has 130 valence electrons. The third-order valence-corrected chi connectivity index (χ3v) is 4.14. The van der Waals surface area contributed by atoms with E-state index < -0.39 is 0 Å². The molecule has 0 aliphatic carbocycles. The van der Waals surface area contributed by atoms with Crippen LogP contribution in [0.5, 0.6) is 23.0 Å². The largest absolute Gasteiger partial charge is 0.486 e. The maximum Gasteiger partial charge on any atom is 0.231 e. The van der Waals surface area contributed by atoms with Crippen LogP contribution in [0.4, 0.5) is 0 Å². The Morgan fingerprint density at radius 1 is 0.840 bits per heavy atom. The summed E-state index contributed by atoms with van der Waals surface area (Å²) >= 11 is 0. The summed E-state index contributed by atoms with van der Waals surface area (Å²) in [7, 11) is 0. The summed E-state index contributed by atoms with van der Waals surface area (Å²) in [6.45, 7) is 1.94. The Labute approximate surface area is 145 Å². The first kappa shape index (κ1) is 15.6. The van der Waals surface area contributed by atoms with Crippen molar-refractivity contribution in [1.82, 2.24) is 5.32 Å². The highest BCUT2D eigenvalue weighted by molar-refractivity contribution is 5.78. The van der Waals surface area contributed by atoms with Crippen LogP contribution in [0.3, 0.4) is 0 Å². The van der Waals surface area contributed by atoms with Crippen LogP contribution in [0.15, 0.2) is 36.4 Å². The molecule has 2 aromatic carbocycles. The molecule has 0 aromatic heterocycles. The molecule has 0 spiro atoms. The van der Waals surface area contributed by atoms with E-state index in [1.54, 1.807) is 0 Å². The molecule has 0 radical (unpaired) electrons. The predicted octanol–water partition coefficient (Wildman–Crippen LogP) is 2.09. The number of rotatable bonds is 5. The topological polar surface area (TPSA) is 66.0 Å². The minimum Gasteiger partial charge on any atom is -0.486 e. The Morgan fingerprint density at radius 3 is 2.36 bits per heavy atom. The van der Waals surface area contributed by atoms with Crippen molar-refractivity contribution in [1.29, 1.82) is 0 Å². The molecule has 1 N–H and O–H groups in total. The van der Waals surface area contributed by atoms with Crippen molar-refractivity contribution in [3.63, 3.8) is 0 Å². The fourth-order valence-corrected chi connectivity index (χ4v) is 2.89. The van der Waals surface area contributed by atoms with Crippen molar-refractivity contribution in [2.45, 2.75) is 12.8 Å². The van der Waals surface area contributed by atoms with Crippen molar-refractivity contribution < 1.29 is 23.7 Å². The number of amides is 1. The number of hydrogen-bond donors (Lipinski definition) is 1. The van der Waals surface area contributed by atoms with Crippen LogP contribution in [0.1, 0.15) is 11.1 Å². The molecule has 0 saturated carbocycles. The highest BCUT2D eigenvalue weighted by Gasteiger charge is 2.14. The quantitative estimate of drug-likeness (QED) is 0.902. The molecular weight excluding hydrogens is 322 g/mol. The Bertz CT molecular complexity index is 789. The van der Waals surface area contributed by atoms with E-state index in [1.807, 2.05) is 36.4 Å². The normalized spacial score (nSPS) is 14.2. The van der Waals surface area contributed by atoms with E-state index in [1.165, 1.54) is 0 Å². The van der Waals surface area contributed by atoms with Crippen LogP contribution in [0, 0.1) is 0 Å². The Kier molecular flexibility index (Phi) is 4.33. The summed E-state index contributed by atoms with van der Waals surface area (Å²) in [5.74, 6) is 2.96. The van der Waals surface area contributed by atoms with E-state index >= 15 is 0 Å². The smallest absolute Gasteiger partial charge is 0.231 e. The van der Waals surface area contributed by atoms with Gasteiger partial charge in [0.2, 0.25) is 12.7 Å². The maximum atomic E-state index is 12.1. The van der Waals surface area contributed by atoms with Gasteiger partial charge in [-0.1, -0.05) is 12.1 Å². The van der Waals surface area contributed by atoms with Crippen molar-refractivity contribution in [3.05, 3.63) is 47.5 Å². The summed E-state index contributed by atoms with van der Waals surface area (Å²) in [6.07, 6.45) is 1.06. The van der Waals surface area contributed by atoms with Gasteiger partial charge in [0.25, 0.3) is 0 Å². The zero-order valence-electron chi connectivity index (χ0n) is 13.7. The predicted molar refractivity (Wildman–Crippen MR) is 90.4 cm³/mol. The third kappa shape index (κ3) is 3.63. The third-order valence-electron chi connectivity index (χ3n) is 4.14. The van der Waals surface area contributed by atoms with E-state index in [0.29, 0.717) is 31.9 Å². The SMILES string of the molecule is O=C(Cc1ccc2c(c1)OCCO2)NCCc1ccc2c(c1)OCO2. The number of hydrogen-bond acceptors (Lipinski definition) is 5. The van der Waals surface area contributed by atoms with Gasteiger partial charge >= 0.3 is 0 Å². The molecule has 0 unspecified atom stereocenters. The molecular formula is C19H19NO5. The standard InChI is InChI=1S/C19H19NO5/c21-19(11-14-2-4-15-17(10-14)23-8-7-22-15)20-6-5-13-1-3-16-18(9-13)25-12-24-16/h1-4,9-10H,5-8,11-12H2,(H,20,21). The van der Waals surface area contributed by atoms with Gasteiger partial charge in [-0.3, -0.25) is 4.79 Å². The minimum atomic E-state index is -0.0163. The van der Waals surface area contributed by atoms with Gasteiger partial charge in [0.05, 0.1) is 6.42 Å². The lowest BCUT2D eigenvalue weighted by Gasteiger charge is -2.18. The first-order chi connectivity index (χ1) is 12.3. The first-order valence-corrected chi connectivity index (χ1v) is 8.32. The lowest BCUT2D eigenvalue weighted by Crippen LogP contribution is -2.27. The minimum absolute atomic E-state index is 0.0163. The first-order valence-electron chi connectivity index (χ1n) is 8.32. The Morgan fingerprint density at radius 2 is 1.48 bits per heavy atom. The van der Waals surface area contributed by atoms with E-state index in [4.69, 9.17) is 18.9 Å². The van der Waals surface area contributed by atoms with Gasteiger partial charge in [-0.2, -0.15) is 0 Å². The van der Waals surface area contributed by atoms with Crippen LogP contribution >= 0.6 is 0 Å². The van der Waals surface area contributed by atoms with E-state index in [0.717, 1.165) is 34.8 Å². The highest BCUT2D eigenvalue weighted by atomic mass is 16.7. The van der Waals surface area contributed by atoms with Crippen molar-refractivity contribution in [2.24, 2.45) is 0 Å². The second-order valence-electron chi connectivity index (χ2n) is 5.94. The van der Waals surface area contributed by atoms with Gasteiger partial charge in [-0.25, -0.2) is 0 Å². The van der Waals surface area contributed by atoms with Crippen molar-refractivity contribution >= 4 is 5.91 Å². The fraction of sp³-hybridized carbons (Fsp3) is 0.316. The van der Waals surface area contributed by atoms with E-state index in [-0.39, 0.29) is 12.7 Å². The Balaban J connectivity index is 1.28. The summed E-state index contributed by atoms with van der Waals surface area (Å²) in [5.41, 5.74) is 2.01. The monoisotopic (exact) mass is 341 g/mol. The number of ether oxygens (including phenoxy) is 4. The fourth-order valence-electron chi connectivity index (χ4n) is 2.89. The molecule has 6 heteroatoms. The summed E-state index contributed by atoms with van der Waals surface area (Å²) in [6, 6.07) is 11.4. The molecule has 0 fully saturated rings. The summed E-state index contributed by atoms with van der Waals surface area (Å²) in [5, 5.41) is 2.94. The number of fused-ring (bicyclic) bond motifs is 2. The van der Waals surface area contributed by atoms with Gasteiger partial charge in [0.1, 0.15) is 13.2 Å². The second kappa shape index (κ2) is 6.93. The zero-order valence-corrected chi connectivity index (χ0v) is 13.7. The van der Waals surface area contributed by atoms with Gasteiger partial charge < -0.3 is 24.3 Å². The molecule has 1 amide bonds. The molecule has 0 atom stereocenters. The number of carbonyl (C=O) groups excluding carboxylic acids is 1. The van der Waals surface area contributed by atoms with Gasteiger partial charge in [-0.05, 0) is 41.8 Å². The van der Waals surface area contributed by atoms with Crippen molar-refractivity contribution in [3.8, 4) is 23.0 Å². The van der Waals surface area contributed by atoms with E-state index in [2.05, 4.69) is 5.32 Å². The van der Waals surface area contributed by atoms with Gasteiger partial charge in [0, 0.05) is 6.54 Å². The van der Waals surface area contributed by atoms with Crippen LogP contribution in [-0.4, -0.2) is 32.5 Å². The van der Waals surface area contributed by atoms with Crippen LogP contribution in [-0.2, 0) is 17.6 Å². The van der Waals surface area contributed by atoms with Crippen LogP contribution < -0.4 is 24.3 Å². The second-order valence-corrected chi connectivity index (χ2v) is 5.94. The van der Waals surface area contributed by atoms with Gasteiger partial charge in [0.15, 0.2) is 23.0 Å². The molecule has 0 saturated heterocycles. The molecule has 0 bridgehead atoms. The molecule has 6 nitrogen and oxygen atoms in total. The Hall–Kier alpha value is -2.89. The number of benzene rings is 2. The van der Waals surface area contributed by atoms with Gasteiger partial charge in [-0.15, -0.1) is 0 Å².